The molecule has 2 amide bonds. The van der Waals surface area contributed by atoms with Gasteiger partial charge in [0, 0.05) is 12.1 Å². The number of para-hydroxylation sites is 2. The van der Waals surface area contributed by atoms with E-state index in [0.29, 0.717) is 16.9 Å². The van der Waals surface area contributed by atoms with Crippen molar-refractivity contribution in [3.63, 3.8) is 0 Å². The van der Waals surface area contributed by atoms with Crippen LogP contribution in [0.5, 0.6) is 0 Å². The molecule has 2 aliphatic rings. The van der Waals surface area contributed by atoms with E-state index in [4.69, 9.17) is 4.84 Å². The summed E-state index contributed by atoms with van der Waals surface area (Å²) < 4.78 is 0. The molecule has 0 bridgehead atoms. The number of nitro groups is 1. The number of carbonyl (C=O) groups is 2. The number of anilines is 2. The van der Waals surface area contributed by atoms with Crippen molar-refractivity contribution in [3.05, 3.63) is 101 Å². The summed E-state index contributed by atoms with van der Waals surface area (Å²) in [6.45, 7) is 0. The number of hydrogen-bond acceptors (Lipinski definition) is 6. The lowest BCUT2D eigenvalue weighted by Gasteiger charge is -2.28. The molecule has 0 spiro atoms. The zero-order valence-electron chi connectivity index (χ0n) is 16.2. The van der Waals surface area contributed by atoms with Gasteiger partial charge in [-0.05, 0) is 29.8 Å². The van der Waals surface area contributed by atoms with E-state index in [-0.39, 0.29) is 5.69 Å². The molecule has 0 aliphatic carbocycles. The van der Waals surface area contributed by atoms with Gasteiger partial charge in [-0.2, -0.15) is 0 Å². The normalized spacial score (nSPS) is 22.6. The van der Waals surface area contributed by atoms with Gasteiger partial charge in [-0.3, -0.25) is 24.5 Å². The molecular weight excluding hydrogens is 398 g/mol. The molecule has 8 nitrogen and oxygen atoms in total. The molecule has 8 heteroatoms. The average Bonchev–Trinajstić information content (AvgIpc) is 3.31. The highest BCUT2D eigenvalue weighted by Gasteiger charge is 2.60. The maximum atomic E-state index is 13.4. The molecule has 3 atom stereocenters. The Labute approximate surface area is 177 Å². The summed E-state index contributed by atoms with van der Waals surface area (Å²) in [5, 5.41) is 12.9. The van der Waals surface area contributed by atoms with Crippen LogP contribution in [0.4, 0.5) is 17.1 Å². The van der Waals surface area contributed by atoms with E-state index < -0.39 is 34.8 Å². The van der Waals surface area contributed by atoms with Gasteiger partial charge in [0.05, 0.1) is 22.3 Å². The van der Waals surface area contributed by atoms with E-state index in [9.17, 15) is 19.7 Å². The number of imide groups is 1. The fourth-order valence-corrected chi connectivity index (χ4v) is 4.21. The van der Waals surface area contributed by atoms with Gasteiger partial charge in [0.25, 0.3) is 11.6 Å². The monoisotopic (exact) mass is 415 g/mol. The maximum Gasteiger partial charge on any atom is 0.269 e. The predicted octanol–water partition coefficient (Wildman–Crippen LogP) is 3.65. The van der Waals surface area contributed by atoms with E-state index in [1.165, 1.54) is 17.2 Å². The van der Waals surface area contributed by atoms with Gasteiger partial charge in [-0.15, -0.1) is 0 Å². The van der Waals surface area contributed by atoms with Crippen molar-refractivity contribution in [1.82, 2.24) is 0 Å². The summed E-state index contributed by atoms with van der Waals surface area (Å²) in [7, 11) is 0. The summed E-state index contributed by atoms with van der Waals surface area (Å²) in [4.78, 5) is 44.6. The van der Waals surface area contributed by atoms with Crippen LogP contribution >= 0.6 is 0 Å². The van der Waals surface area contributed by atoms with Gasteiger partial charge in [0.1, 0.15) is 5.92 Å². The van der Waals surface area contributed by atoms with Crippen molar-refractivity contribution in [3.8, 4) is 0 Å². The molecule has 31 heavy (non-hydrogen) atoms. The van der Waals surface area contributed by atoms with Crippen LogP contribution in [0, 0.1) is 16.0 Å². The largest absolute Gasteiger partial charge is 0.273 e. The molecule has 0 radical (unpaired) electrons. The fraction of sp³-hybridized carbons (Fsp3) is 0.130. The van der Waals surface area contributed by atoms with Crippen molar-refractivity contribution < 1.29 is 19.3 Å². The zero-order valence-corrected chi connectivity index (χ0v) is 16.2. The molecular formula is C23H17N3O5. The summed E-state index contributed by atoms with van der Waals surface area (Å²) >= 11 is 0. The smallest absolute Gasteiger partial charge is 0.269 e. The van der Waals surface area contributed by atoms with Gasteiger partial charge in [-0.1, -0.05) is 48.5 Å². The third-order valence-corrected chi connectivity index (χ3v) is 5.56. The Kier molecular flexibility index (Phi) is 4.48. The van der Waals surface area contributed by atoms with Crippen molar-refractivity contribution in [2.24, 2.45) is 5.92 Å². The van der Waals surface area contributed by atoms with Crippen molar-refractivity contribution >= 4 is 28.9 Å². The number of rotatable bonds is 4. The lowest BCUT2D eigenvalue weighted by atomic mass is 9.90. The third kappa shape index (κ3) is 3.04. The molecule has 2 aliphatic heterocycles. The summed E-state index contributed by atoms with van der Waals surface area (Å²) in [6, 6.07) is 23.2. The Morgan fingerprint density at radius 1 is 0.806 bits per heavy atom. The summed E-state index contributed by atoms with van der Waals surface area (Å²) in [6.07, 6.45) is -1.02. The molecule has 0 aromatic heterocycles. The Balaban J connectivity index is 1.61. The quantitative estimate of drug-likeness (QED) is 0.367. The highest BCUT2D eigenvalue weighted by atomic mass is 16.7. The topological polar surface area (TPSA) is 93.0 Å². The SMILES string of the molecule is O=C1[C@H]2[C@@H](c3cccc([N+](=O)[O-])c3)N(c3ccccc3)O[C@H]2C(=O)N1c1ccccc1. The Morgan fingerprint density at radius 3 is 2.10 bits per heavy atom. The van der Waals surface area contributed by atoms with E-state index in [1.54, 1.807) is 54.6 Å². The lowest BCUT2D eigenvalue weighted by Crippen LogP contribution is -2.37. The number of non-ortho nitro benzene ring substituents is 1. The van der Waals surface area contributed by atoms with E-state index in [2.05, 4.69) is 0 Å². The summed E-state index contributed by atoms with van der Waals surface area (Å²) in [5.74, 6) is -1.68. The van der Waals surface area contributed by atoms with Crippen LogP contribution in [0.1, 0.15) is 11.6 Å². The Hall–Kier alpha value is -4.04. The van der Waals surface area contributed by atoms with Crippen LogP contribution in [-0.2, 0) is 14.4 Å². The zero-order chi connectivity index (χ0) is 21.5. The first-order valence-corrected chi connectivity index (χ1v) is 9.74. The van der Waals surface area contributed by atoms with Gasteiger partial charge >= 0.3 is 0 Å². The van der Waals surface area contributed by atoms with Crippen LogP contribution in [0.3, 0.4) is 0 Å². The first-order chi connectivity index (χ1) is 15.1. The molecule has 2 saturated heterocycles. The van der Waals surface area contributed by atoms with E-state index in [0.717, 1.165) is 4.90 Å². The summed E-state index contributed by atoms with van der Waals surface area (Å²) in [5.41, 5.74) is 1.56. The van der Waals surface area contributed by atoms with Crippen LogP contribution in [0.2, 0.25) is 0 Å². The minimum Gasteiger partial charge on any atom is -0.273 e. The van der Waals surface area contributed by atoms with Crippen LogP contribution in [-0.4, -0.2) is 22.8 Å². The first kappa shape index (κ1) is 19.0. The Bertz CT molecular complexity index is 1170. The van der Waals surface area contributed by atoms with Crippen LogP contribution < -0.4 is 9.96 Å². The molecule has 2 fully saturated rings. The molecule has 3 aromatic rings. The number of amides is 2. The second kappa shape index (κ2) is 7.33. The van der Waals surface area contributed by atoms with Gasteiger partial charge in [0.2, 0.25) is 5.91 Å². The number of hydrogen-bond donors (Lipinski definition) is 0. The molecule has 2 heterocycles. The average molecular weight is 415 g/mol. The fourth-order valence-electron chi connectivity index (χ4n) is 4.21. The molecule has 0 saturated carbocycles. The molecule has 5 rings (SSSR count). The standard InChI is InChI=1S/C23H17N3O5/c27-22-19-20(15-8-7-13-18(14-15)26(29)30)25(17-11-5-2-6-12-17)31-21(19)23(28)24(22)16-9-3-1-4-10-16/h1-14,19-21H/t19-,20+,21+/m0/s1. The molecule has 0 unspecified atom stereocenters. The van der Waals surface area contributed by atoms with Gasteiger partial charge in [0.15, 0.2) is 6.10 Å². The highest BCUT2D eigenvalue weighted by Crippen LogP contribution is 2.47. The van der Waals surface area contributed by atoms with Crippen molar-refractivity contribution in [1.29, 1.82) is 0 Å². The number of nitrogens with zero attached hydrogens (tertiary/aromatic N) is 3. The minimum absolute atomic E-state index is 0.0920. The van der Waals surface area contributed by atoms with Crippen molar-refractivity contribution in [2.75, 3.05) is 9.96 Å². The number of hydroxylamine groups is 1. The van der Waals surface area contributed by atoms with Gasteiger partial charge < -0.3 is 0 Å². The lowest BCUT2D eigenvalue weighted by molar-refractivity contribution is -0.384. The number of carbonyl (C=O) groups excluding carboxylic acids is 2. The maximum absolute atomic E-state index is 13.4. The van der Waals surface area contributed by atoms with E-state index in [1.807, 2.05) is 18.2 Å². The minimum atomic E-state index is -1.02. The second-order valence-electron chi connectivity index (χ2n) is 7.36. The molecule has 3 aromatic carbocycles. The van der Waals surface area contributed by atoms with Gasteiger partial charge in [-0.25, -0.2) is 9.96 Å². The highest BCUT2D eigenvalue weighted by molar-refractivity contribution is 6.23. The third-order valence-electron chi connectivity index (χ3n) is 5.56. The molecule has 0 N–H and O–H groups in total. The first-order valence-electron chi connectivity index (χ1n) is 9.74. The van der Waals surface area contributed by atoms with Crippen molar-refractivity contribution in [2.45, 2.75) is 12.1 Å². The van der Waals surface area contributed by atoms with Crippen LogP contribution in [0.15, 0.2) is 84.9 Å². The predicted molar refractivity (Wildman–Crippen MR) is 112 cm³/mol. The van der Waals surface area contributed by atoms with E-state index >= 15 is 0 Å². The van der Waals surface area contributed by atoms with Crippen LogP contribution in [0.25, 0.3) is 0 Å². The number of fused-ring (bicyclic) bond motifs is 1. The number of nitro benzene ring substituents is 1. The number of benzene rings is 3. The second-order valence-corrected chi connectivity index (χ2v) is 7.36. The Morgan fingerprint density at radius 2 is 1.45 bits per heavy atom. The molecule has 154 valence electrons.